The van der Waals surface area contributed by atoms with E-state index < -0.39 is 0 Å². The maximum Gasteiger partial charge on any atom is 0.172 e. The zero-order chi connectivity index (χ0) is 14.8. The summed E-state index contributed by atoms with van der Waals surface area (Å²) in [5.74, 6) is 5.64. The molecule has 112 valence electrons. The van der Waals surface area contributed by atoms with Crippen LogP contribution in [-0.4, -0.2) is 6.71 Å². The molecule has 2 unspecified atom stereocenters. The molecule has 0 saturated carbocycles. The first-order valence-electron chi connectivity index (χ1n) is 8.58. The van der Waals surface area contributed by atoms with Gasteiger partial charge in [-0.25, -0.2) is 0 Å². The number of rotatable bonds is 10. The van der Waals surface area contributed by atoms with Crippen molar-refractivity contribution < 1.29 is 0 Å². The largest absolute Gasteiger partial charge is 0.172 e. The summed E-state index contributed by atoms with van der Waals surface area (Å²) >= 11 is 0. The highest BCUT2D eigenvalue weighted by Gasteiger charge is 2.28. The van der Waals surface area contributed by atoms with Crippen LogP contribution in [0.1, 0.15) is 80.6 Å². The minimum atomic E-state index is 0.742. The number of allylic oxidation sites excluding steroid dienone is 1. The number of hydrogen-bond donors (Lipinski definition) is 0. The lowest BCUT2D eigenvalue weighted by Crippen LogP contribution is -2.28. The molecule has 0 heterocycles. The fourth-order valence-electron chi connectivity index (χ4n) is 2.66. The molecule has 0 aliphatic carbocycles. The third kappa shape index (κ3) is 7.85. The Kier molecular flexibility index (Phi) is 10.5. The average Bonchev–Trinajstić information content (AvgIpc) is 2.36. The Bertz CT molecular complexity index is 216. The van der Waals surface area contributed by atoms with Crippen LogP contribution in [0.25, 0.3) is 0 Å². The molecule has 0 amide bonds. The van der Waals surface area contributed by atoms with E-state index in [4.69, 9.17) is 0 Å². The summed E-state index contributed by atoms with van der Waals surface area (Å²) in [7, 11) is 0. The standard InChI is InChI=1S/C18H37B/c1-8-9-10-11-12-13-14-19(17(6)15(2)3)18(7)16(4)5/h13-18H,8-12H2,1-7H3/b14-13+. The second kappa shape index (κ2) is 10.6. The highest BCUT2D eigenvalue weighted by atomic mass is 14.1. The molecule has 0 aromatic rings. The molecule has 2 atom stereocenters. The van der Waals surface area contributed by atoms with Gasteiger partial charge in [-0.05, 0) is 12.8 Å². The van der Waals surface area contributed by atoms with E-state index in [0.29, 0.717) is 0 Å². The molecule has 0 nitrogen and oxygen atoms in total. The first kappa shape index (κ1) is 18.8. The van der Waals surface area contributed by atoms with Crippen LogP contribution in [-0.2, 0) is 0 Å². The van der Waals surface area contributed by atoms with Gasteiger partial charge >= 0.3 is 0 Å². The molecule has 0 aliphatic heterocycles. The Labute approximate surface area is 123 Å². The van der Waals surface area contributed by atoms with E-state index in [-0.39, 0.29) is 0 Å². The summed E-state index contributed by atoms with van der Waals surface area (Å²) in [6.45, 7) is 17.3. The van der Waals surface area contributed by atoms with Crippen molar-refractivity contribution in [1.82, 2.24) is 0 Å². The van der Waals surface area contributed by atoms with E-state index in [2.05, 4.69) is 60.5 Å². The zero-order valence-corrected chi connectivity index (χ0v) is 14.6. The lowest BCUT2D eigenvalue weighted by molar-refractivity contribution is 0.566. The molecule has 0 rings (SSSR count). The van der Waals surface area contributed by atoms with Crippen LogP contribution in [0.5, 0.6) is 0 Å². The van der Waals surface area contributed by atoms with Crippen LogP contribution >= 0.6 is 0 Å². The molecule has 0 saturated heterocycles. The summed E-state index contributed by atoms with van der Waals surface area (Å²) in [4.78, 5) is 0. The molecule has 19 heavy (non-hydrogen) atoms. The van der Waals surface area contributed by atoms with Gasteiger partial charge in [-0.3, -0.25) is 0 Å². The topological polar surface area (TPSA) is 0 Å². The van der Waals surface area contributed by atoms with E-state index in [1.54, 1.807) is 0 Å². The van der Waals surface area contributed by atoms with Crippen molar-refractivity contribution in [3.8, 4) is 0 Å². The summed E-state index contributed by atoms with van der Waals surface area (Å²) in [6.07, 6.45) is 9.21. The molecule has 0 N–H and O–H groups in total. The molecule has 0 aromatic heterocycles. The van der Waals surface area contributed by atoms with Crippen LogP contribution in [0.15, 0.2) is 12.1 Å². The molecule has 0 radical (unpaired) electrons. The van der Waals surface area contributed by atoms with Crippen molar-refractivity contribution in [2.75, 3.05) is 0 Å². The molecule has 0 spiro atoms. The summed E-state index contributed by atoms with van der Waals surface area (Å²) in [5, 5.41) is 0. The predicted octanol–water partition coefficient (Wildman–Crippen LogP) is 6.64. The van der Waals surface area contributed by atoms with Gasteiger partial charge in [0.1, 0.15) is 0 Å². The molecule has 0 bridgehead atoms. The first-order valence-corrected chi connectivity index (χ1v) is 8.58. The van der Waals surface area contributed by atoms with Crippen LogP contribution in [0.2, 0.25) is 11.6 Å². The second-order valence-corrected chi connectivity index (χ2v) is 7.06. The fraction of sp³-hybridized carbons (Fsp3) is 0.889. The molecular formula is C18H37B. The van der Waals surface area contributed by atoms with Crippen molar-refractivity contribution in [3.05, 3.63) is 12.1 Å². The van der Waals surface area contributed by atoms with Crippen molar-refractivity contribution in [2.45, 2.75) is 92.2 Å². The second-order valence-electron chi connectivity index (χ2n) is 7.06. The van der Waals surface area contributed by atoms with Gasteiger partial charge in [-0.1, -0.05) is 97.3 Å². The quantitative estimate of drug-likeness (QED) is 0.306. The van der Waals surface area contributed by atoms with Gasteiger partial charge in [-0.15, -0.1) is 5.98 Å². The Morgan fingerprint density at radius 3 is 1.74 bits per heavy atom. The lowest BCUT2D eigenvalue weighted by Gasteiger charge is -2.29. The Hall–Kier alpha value is -0.195. The van der Waals surface area contributed by atoms with Gasteiger partial charge in [0.2, 0.25) is 0 Å². The summed E-state index contributed by atoms with van der Waals surface area (Å²) in [5.41, 5.74) is 0. The predicted molar refractivity (Wildman–Crippen MR) is 92.2 cm³/mol. The minimum absolute atomic E-state index is 0.742. The summed E-state index contributed by atoms with van der Waals surface area (Å²) in [6, 6.07) is 0. The Morgan fingerprint density at radius 2 is 1.32 bits per heavy atom. The number of unbranched alkanes of at least 4 members (excludes halogenated alkanes) is 4. The first-order chi connectivity index (χ1) is 8.91. The van der Waals surface area contributed by atoms with Gasteiger partial charge in [0.05, 0.1) is 0 Å². The maximum absolute atomic E-state index is 2.53. The van der Waals surface area contributed by atoms with Crippen molar-refractivity contribution in [1.29, 1.82) is 0 Å². The fourth-order valence-corrected chi connectivity index (χ4v) is 2.66. The van der Waals surface area contributed by atoms with Gasteiger partial charge in [0.15, 0.2) is 6.71 Å². The zero-order valence-electron chi connectivity index (χ0n) is 14.6. The highest BCUT2D eigenvalue weighted by molar-refractivity contribution is 6.67. The molecule has 0 fully saturated rings. The normalized spacial score (nSPS) is 15.4. The smallest absolute Gasteiger partial charge is 0.118 e. The highest BCUT2D eigenvalue weighted by Crippen LogP contribution is 2.33. The minimum Gasteiger partial charge on any atom is -0.118 e. The molecule has 1 heteroatoms. The maximum atomic E-state index is 2.53. The molecule has 0 aromatic carbocycles. The van der Waals surface area contributed by atoms with E-state index in [9.17, 15) is 0 Å². The van der Waals surface area contributed by atoms with Crippen molar-refractivity contribution in [2.24, 2.45) is 11.8 Å². The number of hydrogen-bond acceptors (Lipinski definition) is 0. The van der Waals surface area contributed by atoms with Crippen LogP contribution in [0.3, 0.4) is 0 Å². The lowest BCUT2D eigenvalue weighted by atomic mass is 9.31. The van der Waals surface area contributed by atoms with Crippen LogP contribution < -0.4 is 0 Å². The SMILES string of the molecule is CCCCCC/C=C/B(C(C)C(C)C)C(C)C(C)C. The van der Waals surface area contributed by atoms with Crippen molar-refractivity contribution in [3.63, 3.8) is 0 Å². The van der Waals surface area contributed by atoms with Gasteiger partial charge in [0.25, 0.3) is 0 Å². The molecular weight excluding hydrogens is 227 g/mol. The third-order valence-corrected chi connectivity index (χ3v) is 4.90. The Balaban J connectivity index is 4.38. The van der Waals surface area contributed by atoms with E-state index in [0.717, 1.165) is 30.2 Å². The van der Waals surface area contributed by atoms with Gasteiger partial charge in [-0.2, -0.15) is 0 Å². The van der Waals surface area contributed by atoms with Crippen LogP contribution in [0, 0.1) is 11.8 Å². The average molecular weight is 264 g/mol. The van der Waals surface area contributed by atoms with Crippen LogP contribution in [0.4, 0.5) is 0 Å². The van der Waals surface area contributed by atoms with E-state index >= 15 is 0 Å². The monoisotopic (exact) mass is 264 g/mol. The summed E-state index contributed by atoms with van der Waals surface area (Å²) < 4.78 is 0. The molecule has 0 aliphatic rings. The Morgan fingerprint density at radius 1 is 0.789 bits per heavy atom. The van der Waals surface area contributed by atoms with E-state index in [1.807, 2.05) is 0 Å². The van der Waals surface area contributed by atoms with Crippen molar-refractivity contribution >= 4 is 6.71 Å². The van der Waals surface area contributed by atoms with Gasteiger partial charge in [0, 0.05) is 0 Å². The van der Waals surface area contributed by atoms with Gasteiger partial charge < -0.3 is 0 Å². The van der Waals surface area contributed by atoms with E-state index in [1.165, 1.54) is 32.1 Å². The third-order valence-electron chi connectivity index (χ3n) is 4.90.